The predicted molar refractivity (Wildman–Crippen MR) is 178 cm³/mol. The summed E-state index contributed by atoms with van der Waals surface area (Å²) in [6.07, 6.45) is 0. The standard InChI is InChI=1S/C40H24N2/c1-3-9-29-23-31(19-15-25(29)7-1)41-33-13-5-11-27-18-22-36-40(37(27)33)39-35(41)21-17-28-12-6-14-34(38(28)39)42(36)32-20-16-26-8-2-4-10-30(26)24-32/h1-24H. The van der Waals surface area contributed by atoms with Gasteiger partial charge in [-0.3, -0.25) is 0 Å². The van der Waals surface area contributed by atoms with Crippen LogP contribution < -0.4 is 0 Å². The summed E-state index contributed by atoms with van der Waals surface area (Å²) in [5.41, 5.74) is 9.94. The first-order chi connectivity index (χ1) is 20.8. The molecule has 2 heteroatoms. The van der Waals surface area contributed by atoms with E-state index in [0.717, 1.165) is 0 Å². The molecule has 0 saturated carbocycles. The first kappa shape index (κ1) is 22.1. The van der Waals surface area contributed by atoms with Gasteiger partial charge in [0.05, 0.1) is 22.1 Å². The molecule has 2 aliphatic rings. The zero-order valence-electron chi connectivity index (χ0n) is 22.8. The zero-order valence-corrected chi connectivity index (χ0v) is 22.8. The van der Waals surface area contributed by atoms with Gasteiger partial charge in [-0.15, -0.1) is 0 Å². The van der Waals surface area contributed by atoms with Gasteiger partial charge in [0.1, 0.15) is 0 Å². The highest BCUT2D eigenvalue weighted by Crippen LogP contribution is 2.49. The lowest BCUT2D eigenvalue weighted by Crippen LogP contribution is -2.09. The van der Waals surface area contributed by atoms with Crippen molar-refractivity contribution in [1.29, 1.82) is 0 Å². The lowest BCUT2D eigenvalue weighted by molar-refractivity contribution is 1.14. The van der Waals surface area contributed by atoms with Crippen molar-refractivity contribution in [3.05, 3.63) is 146 Å². The minimum absolute atomic E-state index is 1.18. The van der Waals surface area contributed by atoms with Crippen molar-refractivity contribution >= 4 is 65.2 Å². The second-order valence-corrected chi connectivity index (χ2v) is 11.4. The van der Waals surface area contributed by atoms with E-state index in [9.17, 15) is 0 Å². The molecular formula is C40H24N2. The van der Waals surface area contributed by atoms with Crippen molar-refractivity contribution in [2.24, 2.45) is 0 Å². The van der Waals surface area contributed by atoms with Gasteiger partial charge in [-0.1, -0.05) is 97.1 Å². The molecule has 0 atom stereocenters. The third kappa shape index (κ3) is 2.83. The normalized spacial score (nSPS) is 12.3. The van der Waals surface area contributed by atoms with Gasteiger partial charge in [-0.2, -0.15) is 0 Å². The summed E-state index contributed by atoms with van der Waals surface area (Å²) in [4.78, 5) is 0. The Kier molecular flexibility index (Phi) is 4.21. The molecule has 8 aromatic rings. The molecule has 0 amide bonds. The van der Waals surface area contributed by atoms with E-state index < -0.39 is 0 Å². The lowest BCUT2D eigenvalue weighted by Gasteiger charge is -2.29. The fourth-order valence-electron chi connectivity index (χ4n) is 7.40. The second-order valence-electron chi connectivity index (χ2n) is 11.4. The van der Waals surface area contributed by atoms with E-state index in [1.807, 2.05) is 0 Å². The number of aromatic nitrogens is 2. The predicted octanol–water partition coefficient (Wildman–Crippen LogP) is 10.7. The van der Waals surface area contributed by atoms with Crippen LogP contribution in [0, 0.1) is 0 Å². The molecule has 2 nitrogen and oxygen atoms in total. The Morgan fingerprint density at radius 1 is 0.286 bits per heavy atom. The number of rotatable bonds is 2. The van der Waals surface area contributed by atoms with E-state index in [0.29, 0.717) is 0 Å². The van der Waals surface area contributed by atoms with Gasteiger partial charge in [0.15, 0.2) is 0 Å². The van der Waals surface area contributed by atoms with Gasteiger partial charge in [0, 0.05) is 33.3 Å². The van der Waals surface area contributed by atoms with Gasteiger partial charge in [-0.05, 0) is 80.8 Å². The number of hydrogen-bond acceptors (Lipinski definition) is 0. The van der Waals surface area contributed by atoms with Gasteiger partial charge in [-0.25, -0.2) is 0 Å². The molecule has 0 radical (unpaired) electrons. The van der Waals surface area contributed by atoms with Crippen LogP contribution >= 0.6 is 0 Å². The highest BCUT2D eigenvalue weighted by molar-refractivity contribution is 6.26. The van der Waals surface area contributed by atoms with E-state index in [2.05, 4.69) is 155 Å². The summed E-state index contributed by atoms with van der Waals surface area (Å²) >= 11 is 0. The topological polar surface area (TPSA) is 9.86 Å². The van der Waals surface area contributed by atoms with Crippen LogP contribution in [0.3, 0.4) is 0 Å². The SMILES string of the molecule is c1ccc2cc(-n3c4ccc5cccc6c5c4-c4c5c(cccc53)ccc4n6-c3ccc4ccccc4c3)ccc2c1. The van der Waals surface area contributed by atoms with Crippen molar-refractivity contribution < 1.29 is 0 Å². The fraction of sp³-hybridized carbons (Fsp3) is 0. The van der Waals surface area contributed by atoms with Crippen molar-refractivity contribution in [3.8, 4) is 22.5 Å². The number of fused-ring (bicyclic) bond motifs is 2. The summed E-state index contributed by atoms with van der Waals surface area (Å²) in [7, 11) is 0. The molecule has 0 aromatic heterocycles. The van der Waals surface area contributed by atoms with Crippen LogP contribution in [0.4, 0.5) is 0 Å². The Balaban J connectivity index is 1.44. The summed E-state index contributed by atoms with van der Waals surface area (Å²) in [6, 6.07) is 53.6. The Morgan fingerprint density at radius 3 is 1.17 bits per heavy atom. The maximum absolute atomic E-state index is 2.47. The molecule has 2 heterocycles. The van der Waals surface area contributed by atoms with Crippen LogP contribution in [-0.2, 0) is 0 Å². The number of nitrogens with zero attached hydrogens (tertiary/aromatic N) is 2. The van der Waals surface area contributed by atoms with E-state index in [4.69, 9.17) is 0 Å². The second kappa shape index (κ2) is 7.99. The number of hydrogen-bond donors (Lipinski definition) is 0. The van der Waals surface area contributed by atoms with Crippen molar-refractivity contribution in [1.82, 2.24) is 9.13 Å². The lowest BCUT2D eigenvalue weighted by atomic mass is 9.87. The maximum atomic E-state index is 2.47. The molecule has 8 aromatic carbocycles. The Morgan fingerprint density at radius 2 is 0.690 bits per heavy atom. The quantitative estimate of drug-likeness (QED) is 0.155. The van der Waals surface area contributed by atoms with Crippen LogP contribution in [0.2, 0.25) is 0 Å². The van der Waals surface area contributed by atoms with Crippen molar-refractivity contribution in [2.45, 2.75) is 0 Å². The van der Waals surface area contributed by atoms with Crippen molar-refractivity contribution in [2.75, 3.05) is 0 Å². The minimum atomic E-state index is 1.18. The van der Waals surface area contributed by atoms with Gasteiger partial charge >= 0.3 is 0 Å². The first-order valence-electron chi connectivity index (χ1n) is 14.5. The van der Waals surface area contributed by atoms with E-state index in [1.54, 1.807) is 0 Å². The van der Waals surface area contributed by atoms with Crippen LogP contribution in [0.15, 0.2) is 146 Å². The molecule has 0 unspecified atom stereocenters. The molecule has 194 valence electrons. The van der Waals surface area contributed by atoms with E-state index in [-0.39, 0.29) is 0 Å². The Labute approximate surface area is 241 Å². The molecule has 42 heavy (non-hydrogen) atoms. The number of benzene rings is 8. The Hall–Kier alpha value is -5.60. The molecule has 0 fully saturated rings. The van der Waals surface area contributed by atoms with Crippen LogP contribution in [0.5, 0.6) is 0 Å². The molecule has 2 aliphatic heterocycles. The van der Waals surface area contributed by atoms with Gasteiger partial charge < -0.3 is 9.13 Å². The molecule has 0 N–H and O–H groups in total. The first-order valence-corrected chi connectivity index (χ1v) is 14.5. The highest BCUT2D eigenvalue weighted by Gasteiger charge is 2.26. The third-order valence-corrected chi connectivity index (χ3v) is 9.20. The summed E-state index contributed by atoms with van der Waals surface area (Å²) in [5.74, 6) is 0. The molecule has 0 bridgehead atoms. The van der Waals surface area contributed by atoms with Crippen LogP contribution in [-0.4, -0.2) is 9.13 Å². The molecule has 0 aliphatic carbocycles. The smallest absolute Gasteiger partial charge is 0.0548 e. The zero-order chi connectivity index (χ0) is 27.4. The third-order valence-electron chi connectivity index (χ3n) is 9.20. The summed E-state index contributed by atoms with van der Waals surface area (Å²) in [6.45, 7) is 0. The van der Waals surface area contributed by atoms with Crippen molar-refractivity contribution in [3.63, 3.8) is 0 Å². The van der Waals surface area contributed by atoms with Crippen LogP contribution in [0.25, 0.3) is 87.7 Å². The Bertz CT molecular complexity index is 2450. The van der Waals surface area contributed by atoms with Gasteiger partial charge in [0.25, 0.3) is 0 Å². The largest absolute Gasteiger partial charge is 0.309 e. The maximum Gasteiger partial charge on any atom is 0.0548 e. The molecule has 0 saturated heterocycles. The molecule has 0 spiro atoms. The number of pyridine rings is 2. The average Bonchev–Trinajstić information content (AvgIpc) is 3.05. The average molecular weight is 533 g/mol. The minimum Gasteiger partial charge on any atom is -0.309 e. The highest BCUT2D eigenvalue weighted by atomic mass is 15.0. The summed E-state index contributed by atoms with van der Waals surface area (Å²) in [5, 5.41) is 10.2. The monoisotopic (exact) mass is 532 g/mol. The molecule has 10 rings (SSSR count). The van der Waals surface area contributed by atoms with Gasteiger partial charge in [0.2, 0.25) is 0 Å². The van der Waals surface area contributed by atoms with E-state index >= 15 is 0 Å². The molecular weight excluding hydrogens is 508 g/mol. The van der Waals surface area contributed by atoms with E-state index in [1.165, 1.54) is 87.7 Å². The van der Waals surface area contributed by atoms with Crippen LogP contribution in [0.1, 0.15) is 0 Å². The summed E-state index contributed by atoms with van der Waals surface area (Å²) < 4.78 is 4.95. The fourth-order valence-corrected chi connectivity index (χ4v) is 7.40.